The number of anilines is 1. The topological polar surface area (TPSA) is 77.8 Å². The number of hydrogen-bond donors (Lipinski definition) is 3. The van der Waals surface area contributed by atoms with Crippen molar-refractivity contribution in [3.63, 3.8) is 0 Å². The molecule has 0 aliphatic carbocycles. The number of pyridine rings is 1. The lowest BCUT2D eigenvalue weighted by Crippen LogP contribution is -2.41. The lowest BCUT2D eigenvalue weighted by Gasteiger charge is -2.24. The molecular weight excluding hydrogens is 615 g/mol. The van der Waals surface area contributed by atoms with Crippen molar-refractivity contribution in [1.29, 1.82) is 0 Å². The average Bonchev–Trinajstić information content (AvgIpc) is 3.08. The maximum atomic E-state index is 12.5. The number of amides is 1. The van der Waals surface area contributed by atoms with Crippen molar-refractivity contribution >= 4 is 35.9 Å². The summed E-state index contributed by atoms with van der Waals surface area (Å²) in [5.74, 6) is 0.907. The van der Waals surface area contributed by atoms with Gasteiger partial charge in [-0.05, 0) is 66.5 Å². The maximum absolute atomic E-state index is 12.5. The normalized spacial score (nSPS) is 12.9. The van der Waals surface area contributed by atoms with Crippen molar-refractivity contribution in [3.8, 4) is 11.3 Å². The van der Waals surface area contributed by atoms with E-state index >= 15 is 0 Å². The van der Waals surface area contributed by atoms with Crippen LogP contribution in [-0.2, 0) is 23.1 Å². The Hall–Kier alpha value is -3.98. The molecule has 8 heteroatoms. The lowest BCUT2D eigenvalue weighted by atomic mass is 9.86. The first-order chi connectivity index (χ1) is 22.8. The van der Waals surface area contributed by atoms with Gasteiger partial charge in [-0.25, -0.2) is 0 Å². The molecule has 1 aromatic heterocycles. The van der Waals surface area contributed by atoms with Crippen molar-refractivity contribution in [2.24, 2.45) is 10.9 Å². The van der Waals surface area contributed by atoms with Crippen LogP contribution in [0.15, 0.2) is 102 Å². The van der Waals surface area contributed by atoms with Crippen LogP contribution in [0.25, 0.3) is 11.3 Å². The molecular formula is C40H54N5O2S+. The standard InChI is InChI=1S/C28H36N5O2S.C12H18/c1-5-32(28(34)21(2)3)27(29-4)16-10-12-22-11-9-13-23(19-22)26-18-17-24(20-30-26)31-33(35,36)25-14-7-6-8-15-25;1-5-10-6-8-11(9-7-10)12(2,3)4/h6-9,11,13-15,17-21,31,35-36H,5,10,12,16H2,1-4H3;6-9H,5H2,1-4H3/q+1;. The van der Waals surface area contributed by atoms with E-state index in [1.54, 1.807) is 30.3 Å². The fourth-order valence-electron chi connectivity index (χ4n) is 5.23. The monoisotopic (exact) mass is 668 g/mol. The Labute approximate surface area is 293 Å². The maximum Gasteiger partial charge on any atom is 0.230 e. The highest BCUT2D eigenvalue weighted by Gasteiger charge is 2.25. The number of nitrogens with zero attached hydrogens (tertiary/aromatic N) is 4. The first kappa shape index (κ1) is 38.5. The minimum Gasteiger partial charge on any atom is -0.301 e. The molecule has 0 bridgehead atoms. The minimum absolute atomic E-state index is 0.0497. The van der Waals surface area contributed by atoms with Crippen molar-refractivity contribution in [2.45, 2.75) is 79.6 Å². The molecule has 1 amide bonds. The van der Waals surface area contributed by atoms with Crippen LogP contribution < -0.4 is 9.59 Å². The van der Waals surface area contributed by atoms with E-state index in [0.29, 0.717) is 17.9 Å². The number of aryl methyl sites for hydroxylation is 2. The first-order valence-electron chi connectivity index (χ1n) is 16.9. The van der Waals surface area contributed by atoms with E-state index in [4.69, 9.17) is 0 Å². The summed E-state index contributed by atoms with van der Waals surface area (Å²) < 4.78 is -0.779. The molecule has 4 rings (SSSR count). The third-order valence-electron chi connectivity index (χ3n) is 8.13. The van der Waals surface area contributed by atoms with Crippen molar-refractivity contribution < 1.29 is 10.0 Å². The van der Waals surface area contributed by atoms with Gasteiger partial charge in [-0.15, -0.1) is 0 Å². The van der Waals surface area contributed by atoms with Crippen LogP contribution >= 0.6 is 12.8 Å². The molecule has 2 N–H and O–H groups in total. The Bertz CT molecular complexity index is 1600. The molecule has 256 valence electrons. The van der Waals surface area contributed by atoms with E-state index in [2.05, 4.69) is 92.3 Å². The van der Waals surface area contributed by atoms with Gasteiger partial charge in [0, 0.05) is 47.8 Å². The number of carbonyl (C=O) groups is 1. The summed E-state index contributed by atoms with van der Waals surface area (Å²) >= 11 is 4.31. The Kier molecular flexibility index (Phi) is 14.4. The van der Waals surface area contributed by atoms with Gasteiger partial charge in [-0.2, -0.15) is 10.6 Å². The fourth-order valence-corrected chi connectivity index (χ4v) is 5.48. The Morgan fingerprint density at radius 3 is 2.19 bits per heavy atom. The SMILES string of the molecule is CCN(C(=O)C(C)C)C(CCCc1cccc(-c2ccc(N[N+](O)(S)c3ccccc3)cn2)c1)=NC.CCc1ccc(C(C)(C)C)cc1. The number of para-hydroxylation sites is 1. The predicted molar refractivity (Wildman–Crippen MR) is 205 cm³/mol. The molecule has 3 aromatic carbocycles. The third kappa shape index (κ3) is 11.3. The van der Waals surface area contributed by atoms with Crippen LogP contribution in [0.1, 0.15) is 78.0 Å². The summed E-state index contributed by atoms with van der Waals surface area (Å²) in [6.07, 6.45) is 5.33. The van der Waals surface area contributed by atoms with Crippen molar-refractivity contribution in [2.75, 3.05) is 19.0 Å². The number of aliphatic imine (C=N–C) groups is 1. The van der Waals surface area contributed by atoms with Gasteiger partial charge in [0.15, 0.2) is 0 Å². The molecule has 1 atom stereocenters. The van der Waals surface area contributed by atoms with Crippen LogP contribution in [0.2, 0.25) is 0 Å². The summed E-state index contributed by atoms with van der Waals surface area (Å²) in [6, 6.07) is 30.1. The molecule has 0 saturated carbocycles. The third-order valence-corrected chi connectivity index (χ3v) is 8.46. The highest BCUT2D eigenvalue weighted by Crippen LogP contribution is 2.26. The molecule has 0 fully saturated rings. The predicted octanol–water partition coefficient (Wildman–Crippen LogP) is 9.72. The smallest absolute Gasteiger partial charge is 0.230 e. The highest BCUT2D eigenvalue weighted by atomic mass is 32.1. The van der Waals surface area contributed by atoms with Crippen LogP contribution in [0, 0.1) is 5.92 Å². The molecule has 0 aliphatic rings. The largest absolute Gasteiger partial charge is 0.301 e. The molecule has 48 heavy (non-hydrogen) atoms. The average molecular weight is 669 g/mol. The number of amidine groups is 1. The van der Waals surface area contributed by atoms with Gasteiger partial charge in [0.05, 0.1) is 11.9 Å². The zero-order valence-corrected chi connectivity index (χ0v) is 30.8. The Morgan fingerprint density at radius 2 is 1.65 bits per heavy atom. The number of quaternary nitrogens is 1. The van der Waals surface area contributed by atoms with E-state index in [0.717, 1.165) is 42.8 Å². The quantitative estimate of drug-likeness (QED) is 0.0489. The first-order valence-corrected chi connectivity index (χ1v) is 17.3. The number of aromatic nitrogens is 1. The second-order valence-electron chi connectivity index (χ2n) is 13.2. The number of benzene rings is 3. The number of nitrogens with one attached hydrogen (secondary N) is 1. The van der Waals surface area contributed by atoms with Gasteiger partial charge < -0.3 is 4.90 Å². The number of rotatable bonds is 11. The zero-order valence-electron chi connectivity index (χ0n) is 29.9. The van der Waals surface area contributed by atoms with Gasteiger partial charge in [0.1, 0.15) is 24.3 Å². The van der Waals surface area contributed by atoms with E-state index < -0.39 is 4.16 Å². The number of thiol groups is 1. The Morgan fingerprint density at radius 1 is 0.958 bits per heavy atom. The van der Waals surface area contributed by atoms with E-state index in [1.807, 2.05) is 63.2 Å². The van der Waals surface area contributed by atoms with Gasteiger partial charge in [0.25, 0.3) is 0 Å². The van der Waals surface area contributed by atoms with Crippen molar-refractivity contribution in [1.82, 2.24) is 14.0 Å². The molecule has 1 heterocycles. The molecule has 0 aliphatic heterocycles. The van der Waals surface area contributed by atoms with Crippen LogP contribution in [0.5, 0.6) is 0 Å². The van der Waals surface area contributed by atoms with E-state index in [9.17, 15) is 10.0 Å². The van der Waals surface area contributed by atoms with E-state index in [-0.39, 0.29) is 17.2 Å². The summed E-state index contributed by atoms with van der Waals surface area (Å²) in [6.45, 7) is 15.4. The summed E-state index contributed by atoms with van der Waals surface area (Å²) in [5.41, 5.74) is 10.4. The molecule has 7 nitrogen and oxygen atoms in total. The van der Waals surface area contributed by atoms with Gasteiger partial charge in [-0.3, -0.25) is 14.8 Å². The molecule has 0 radical (unpaired) electrons. The Balaban J connectivity index is 0.000000437. The van der Waals surface area contributed by atoms with E-state index in [1.165, 1.54) is 16.7 Å². The minimum atomic E-state index is -0.779. The second kappa shape index (κ2) is 18.0. The summed E-state index contributed by atoms with van der Waals surface area (Å²) in [4.78, 5) is 23.3. The van der Waals surface area contributed by atoms with Crippen LogP contribution in [-0.4, -0.2) is 40.4 Å². The number of carbonyl (C=O) groups excluding carboxylic acids is 1. The second-order valence-corrected chi connectivity index (χ2v) is 13.8. The van der Waals surface area contributed by atoms with Gasteiger partial charge in [-0.1, -0.05) is 102 Å². The lowest BCUT2D eigenvalue weighted by molar-refractivity contribution is -0.130. The molecule has 0 spiro atoms. The van der Waals surface area contributed by atoms with Crippen molar-refractivity contribution in [3.05, 3.63) is 114 Å². The van der Waals surface area contributed by atoms with Gasteiger partial charge in [0.2, 0.25) is 11.6 Å². The van der Waals surface area contributed by atoms with Gasteiger partial charge >= 0.3 is 0 Å². The van der Waals surface area contributed by atoms with Crippen LogP contribution in [0.3, 0.4) is 0 Å². The number of hydrogen-bond acceptors (Lipinski definition) is 6. The fraction of sp³-hybridized carbons (Fsp3) is 0.375. The molecule has 0 saturated heterocycles. The summed E-state index contributed by atoms with van der Waals surface area (Å²) in [5, 5.41) is 10.6. The zero-order chi connectivity index (χ0) is 35.3. The summed E-state index contributed by atoms with van der Waals surface area (Å²) in [7, 11) is 1.75. The molecule has 1 unspecified atom stereocenters. The highest BCUT2D eigenvalue weighted by molar-refractivity contribution is 7.79. The van der Waals surface area contributed by atoms with Crippen LogP contribution in [0.4, 0.5) is 11.4 Å². The molecule has 4 aromatic rings.